The van der Waals surface area contributed by atoms with Gasteiger partial charge in [-0.1, -0.05) is 19.3 Å². The molecule has 8 nitrogen and oxygen atoms in total. The number of nitrogens with one attached hydrogen (secondary N) is 1. The molecule has 1 aliphatic carbocycles. The number of hydrogen-bond donors (Lipinski definition) is 2. The standard InChI is InChI=1S/C16H22N4O2S.C2HF3O2/c21-15-8-16(23(22)18-15)20-14-6-7-19(11-13(14)9-17-20)10-12-4-2-1-3-5-12;3-2(4,5)1(6)7/h8-9,12H,1-7,10-11H2,(H,18,21);(H,6,7). The number of aromatic nitrogens is 2. The molecule has 0 bridgehead atoms. The van der Waals surface area contributed by atoms with Gasteiger partial charge in [0, 0.05) is 37.7 Å². The van der Waals surface area contributed by atoms with E-state index in [-0.39, 0.29) is 5.91 Å². The van der Waals surface area contributed by atoms with Gasteiger partial charge in [-0.15, -0.1) is 0 Å². The molecule has 1 unspecified atom stereocenters. The SMILES string of the molecule is O=C(O)C(F)(F)F.O=C1C=C(n2ncc3c2CCN(CC2CCCCC2)C3)S(=O)N1. The third-order valence-electron chi connectivity index (χ3n) is 5.34. The summed E-state index contributed by atoms with van der Waals surface area (Å²) in [5.74, 6) is -2.22. The third-order valence-corrected chi connectivity index (χ3v) is 6.40. The number of amides is 1. The molecule has 30 heavy (non-hydrogen) atoms. The minimum absolute atomic E-state index is 0.308. The van der Waals surface area contributed by atoms with Crippen LogP contribution in [-0.2, 0) is 33.5 Å². The van der Waals surface area contributed by atoms with Crippen molar-refractivity contribution in [2.24, 2.45) is 5.92 Å². The maximum atomic E-state index is 11.9. The van der Waals surface area contributed by atoms with Crippen molar-refractivity contribution >= 4 is 27.9 Å². The molecule has 0 saturated heterocycles. The number of nitrogens with zero attached hydrogens (tertiary/aromatic N) is 3. The van der Waals surface area contributed by atoms with Crippen molar-refractivity contribution in [1.29, 1.82) is 0 Å². The Morgan fingerprint density at radius 3 is 2.53 bits per heavy atom. The van der Waals surface area contributed by atoms with Crippen molar-refractivity contribution in [2.45, 2.75) is 51.2 Å². The van der Waals surface area contributed by atoms with E-state index in [1.807, 2.05) is 6.20 Å². The second-order valence-electron chi connectivity index (χ2n) is 7.54. The smallest absolute Gasteiger partial charge is 0.475 e. The van der Waals surface area contributed by atoms with Gasteiger partial charge in [-0.2, -0.15) is 18.3 Å². The van der Waals surface area contributed by atoms with Crippen LogP contribution in [-0.4, -0.2) is 55.1 Å². The average molecular weight is 448 g/mol. The van der Waals surface area contributed by atoms with Gasteiger partial charge in [0.25, 0.3) is 5.91 Å². The lowest BCUT2D eigenvalue weighted by molar-refractivity contribution is -0.192. The molecular weight excluding hydrogens is 425 g/mol. The van der Waals surface area contributed by atoms with Gasteiger partial charge in [0.2, 0.25) is 0 Å². The number of halogens is 3. The Bertz CT molecular complexity index is 862. The first-order valence-electron chi connectivity index (χ1n) is 9.68. The molecule has 1 saturated carbocycles. The van der Waals surface area contributed by atoms with Crippen molar-refractivity contribution in [3.63, 3.8) is 0 Å². The first-order chi connectivity index (χ1) is 14.1. The Hall–Kier alpha value is -2.21. The molecule has 1 atom stereocenters. The molecule has 166 valence electrons. The number of fused-ring (bicyclic) bond motifs is 1. The van der Waals surface area contributed by atoms with Gasteiger partial charge < -0.3 is 5.11 Å². The summed E-state index contributed by atoms with van der Waals surface area (Å²) < 4.78 is 47.8. The summed E-state index contributed by atoms with van der Waals surface area (Å²) in [4.78, 5) is 22.8. The van der Waals surface area contributed by atoms with E-state index in [2.05, 4.69) is 14.7 Å². The minimum atomic E-state index is -5.08. The number of carboxylic acids is 1. The van der Waals surface area contributed by atoms with Gasteiger partial charge in [-0.3, -0.25) is 14.4 Å². The van der Waals surface area contributed by atoms with Crippen LogP contribution in [0.5, 0.6) is 0 Å². The van der Waals surface area contributed by atoms with Crippen molar-refractivity contribution in [3.8, 4) is 0 Å². The third kappa shape index (κ3) is 5.48. The second-order valence-corrected chi connectivity index (χ2v) is 8.70. The Balaban J connectivity index is 0.000000318. The Kier molecular flexibility index (Phi) is 6.96. The molecule has 3 aliphatic rings. The van der Waals surface area contributed by atoms with E-state index < -0.39 is 23.1 Å². The van der Waals surface area contributed by atoms with Gasteiger partial charge >= 0.3 is 12.1 Å². The first kappa shape index (κ1) is 22.5. The number of carboxylic acid groups (broad SMARTS) is 1. The Morgan fingerprint density at radius 1 is 1.30 bits per heavy atom. The maximum Gasteiger partial charge on any atom is 0.490 e. The summed E-state index contributed by atoms with van der Waals surface area (Å²) >= 11 is 0. The van der Waals surface area contributed by atoms with Crippen molar-refractivity contribution in [2.75, 3.05) is 13.1 Å². The van der Waals surface area contributed by atoms with Crippen molar-refractivity contribution in [3.05, 3.63) is 23.5 Å². The van der Waals surface area contributed by atoms with Gasteiger partial charge in [-0.05, 0) is 18.8 Å². The van der Waals surface area contributed by atoms with E-state index in [9.17, 15) is 22.2 Å². The molecule has 1 amide bonds. The monoisotopic (exact) mass is 448 g/mol. The highest BCUT2D eigenvalue weighted by molar-refractivity contribution is 7.93. The highest BCUT2D eigenvalue weighted by atomic mass is 32.2. The topological polar surface area (TPSA) is 105 Å². The molecule has 2 aliphatic heterocycles. The molecule has 12 heteroatoms. The van der Waals surface area contributed by atoms with E-state index in [1.165, 1.54) is 50.3 Å². The van der Waals surface area contributed by atoms with Crippen LogP contribution in [0.25, 0.3) is 5.03 Å². The number of aliphatic carboxylic acids is 1. The zero-order valence-corrected chi connectivity index (χ0v) is 17.0. The van der Waals surface area contributed by atoms with Crippen LogP contribution in [0, 0.1) is 5.92 Å². The molecule has 3 heterocycles. The van der Waals surface area contributed by atoms with Crippen LogP contribution in [0.1, 0.15) is 43.4 Å². The Labute approximate surface area is 173 Å². The summed E-state index contributed by atoms with van der Waals surface area (Å²) in [6, 6.07) is 0. The van der Waals surface area contributed by atoms with E-state index in [1.54, 1.807) is 4.68 Å². The van der Waals surface area contributed by atoms with Gasteiger partial charge in [0.05, 0.1) is 11.9 Å². The summed E-state index contributed by atoms with van der Waals surface area (Å²) in [5.41, 5.74) is 2.30. The lowest BCUT2D eigenvalue weighted by atomic mass is 9.88. The highest BCUT2D eigenvalue weighted by Gasteiger charge is 2.38. The molecular formula is C18H23F3N4O4S. The van der Waals surface area contributed by atoms with Crippen LogP contribution in [0.4, 0.5) is 13.2 Å². The molecule has 0 spiro atoms. The minimum Gasteiger partial charge on any atom is -0.475 e. The van der Waals surface area contributed by atoms with Crippen LogP contribution < -0.4 is 4.72 Å². The first-order valence-corrected chi connectivity index (χ1v) is 10.8. The predicted octanol–water partition coefficient (Wildman–Crippen LogP) is 2.05. The fourth-order valence-electron chi connectivity index (χ4n) is 3.95. The normalized spacial score (nSPS) is 22.6. The molecule has 0 radical (unpaired) electrons. The quantitative estimate of drug-likeness (QED) is 0.734. The molecule has 0 aromatic carbocycles. The van der Waals surface area contributed by atoms with E-state index >= 15 is 0 Å². The van der Waals surface area contributed by atoms with Crippen LogP contribution in [0.2, 0.25) is 0 Å². The van der Waals surface area contributed by atoms with Gasteiger partial charge in [0.1, 0.15) is 0 Å². The van der Waals surface area contributed by atoms with E-state index in [4.69, 9.17) is 9.90 Å². The average Bonchev–Trinajstić information content (AvgIpc) is 3.24. The largest absolute Gasteiger partial charge is 0.490 e. The van der Waals surface area contributed by atoms with Crippen LogP contribution >= 0.6 is 0 Å². The van der Waals surface area contributed by atoms with E-state index in [0.717, 1.165) is 31.1 Å². The highest BCUT2D eigenvalue weighted by Crippen LogP contribution is 2.28. The number of rotatable bonds is 3. The maximum absolute atomic E-state index is 11.9. The molecule has 1 fully saturated rings. The molecule has 4 rings (SSSR count). The number of carbonyl (C=O) groups excluding carboxylic acids is 1. The van der Waals surface area contributed by atoms with E-state index in [0.29, 0.717) is 5.03 Å². The van der Waals surface area contributed by atoms with Crippen molar-refractivity contribution in [1.82, 2.24) is 19.4 Å². The predicted molar refractivity (Wildman–Crippen MR) is 102 cm³/mol. The van der Waals surface area contributed by atoms with Crippen LogP contribution in [0.3, 0.4) is 0 Å². The van der Waals surface area contributed by atoms with Crippen LogP contribution in [0.15, 0.2) is 12.3 Å². The zero-order valence-electron chi connectivity index (χ0n) is 16.2. The summed E-state index contributed by atoms with van der Waals surface area (Å²) in [6.45, 7) is 3.10. The van der Waals surface area contributed by atoms with Gasteiger partial charge in [-0.25, -0.2) is 13.7 Å². The molecule has 1 aromatic rings. The lowest BCUT2D eigenvalue weighted by Crippen LogP contribution is -2.35. The fourth-order valence-corrected chi connectivity index (χ4v) is 4.82. The number of alkyl halides is 3. The second kappa shape index (κ2) is 9.29. The van der Waals surface area contributed by atoms with Gasteiger partial charge in [0.15, 0.2) is 16.0 Å². The summed E-state index contributed by atoms with van der Waals surface area (Å²) in [6.07, 6.45) is 5.94. The number of hydrogen-bond acceptors (Lipinski definition) is 5. The fraction of sp³-hybridized carbons (Fsp3) is 0.611. The molecule has 1 aromatic heterocycles. The van der Waals surface area contributed by atoms with Crippen molar-refractivity contribution < 1.29 is 32.1 Å². The Morgan fingerprint density at radius 2 is 1.97 bits per heavy atom. The molecule has 2 N–H and O–H groups in total. The number of carbonyl (C=O) groups is 2. The lowest BCUT2D eigenvalue weighted by Gasteiger charge is -2.32. The summed E-state index contributed by atoms with van der Waals surface area (Å²) in [5, 5.41) is 12.0. The summed E-state index contributed by atoms with van der Waals surface area (Å²) in [7, 11) is -1.48. The zero-order chi connectivity index (χ0) is 21.9.